The summed E-state index contributed by atoms with van der Waals surface area (Å²) in [5.74, 6) is -0.560. The molecular formula is C24H30CuN4O2S2. The molecule has 0 unspecified atom stereocenters. The summed E-state index contributed by atoms with van der Waals surface area (Å²) in [6.07, 6.45) is 0. The van der Waals surface area contributed by atoms with Crippen LogP contribution in [0.1, 0.15) is 48.4 Å². The molecule has 6 nitrogen and oxygen atoms in total. The first kappa shape index (κ1) is 30.7. The summed E-state index contributed by atoms with van der Waals surface area (Å²) in [4.78, 5) is 35.0. The summed E-state index contributed by atoms with van der Waals surface area (Å²) in [5.41, 5.74) is 1.13. The van der Waals surface area contributed by atoms with E-state index in [0.29, 0.717) is 21.5 Å². The van der Waals surface area contributed by atoms with Crippen molar-refractivity contribution in [2.24, 2.45) is 9.98 Å². The number of amides is 2. The van der Waals surface area contributed by atoms with Gasteiger partial charge in [0.15, 0.2) is 0 Å². The van der Waals surface area contributed by atoms with Crippen LogP contribution < -0.4 is 0 Å². The molecule has 0 heterocycles. The average molecular weight is 534 g/mol. The summed E-state index contributed by atoms with van der Waals surface area (Å²) in [5, 5.41) is 0.720. The Morgan fingerprint density at radius 1 is 0.636 bits per heavy atom. The third kappa shape index (κ3) is 10.9. The Morgan fingerprint density at radius 3 is 1.15 bits per heavy atom. The monoisotopic (exact) mass is 533 g/mol. The maximum Gasteiger partial charge on any atom is 2.00 e. The first-order valence-corrected chi connectivity index (χ1v) is 11.4. The summed E-state index contributed by atoms with van der Waals surface area (Å²) >= 11 is 10.2. The molecule has 0 aliphatic heterocycles. The number of rotatable bonds is 6. The van der Waals surface area contributed by atoms with Crippen molar-refractivity contribution in [3.63, 3.8) is 0 Å². The van der Waals surface area contributed by atoms with Gasteiger partial charge in [0.05, 0.1) is 0 Å². The molecule has 9 heteroatoms. The van der Waals surface area contributed by atoms with Crippen LogP contribution in [-0.4, -0.2) is 58.1 Å². The number of hydrogen-bond donors (Lipinski definition) is 0. The molecule has 0 saturated heterocycles. The number of aliphatic imine (C=N–C) groups is 2. The number of hydrogen-bond acceptors (Lipinski definition) is 4. The van der Waals surface area contributed by atoms with Gasteiger partial charge in [-0.1, -0.05) is 36.4 Å². The quantitative estimate of drug-likeness (QED) is 0.241. The Balaban J connectivity index is 0.000000602. The van der Waals surface area contributed by atoms with Gasteiger partial charge in [-0.25, -0.2) is 9.98 Å². The number of amidine groups is 2. The minimum atomic E-state index is -0.280. The molecule has 2 aromatic carbocycles. The number of nitrogens with zero attached hydrogens (tertiary/aromatic N) is 4. The molecule has 0 saturated carbocycles. The predicted octanol–water partition coefficient (Wildman–Crippen LogP) is 4.14. The van der Waals surface area contributed by atoms with Gasteiger partial charge in [-0.2, -0.15) is 0 Å². The third-order valence-corrected chi connectivity index (χ3v) is 5.20. The maximum absolute atomic E-state index is 11.7. The van der Waals surface area contributed by atoms with Gasteiger partial charge in [-0.3, -0.25) is 9.59 Å². The van der Waals surface area contributed by atoms with E-state index in [2.05, 4.69) is 9.98 Å². The Labute approximate surface area is 218 Å². The summed E-state index contributed by atoms with van der Waals surface area (Å²) in [6, 6.07) is 17.9. The Hall–Kier alpha value is -2.32. The molecule has 2 aromatic rings. The number of benzene rings is 2. The topological polar surface area (TPSA) is 65.3 Å². The predicted molar refractivity (Wildman–Crippen MR) is 137 cm³/mol. The van der Waals surface area contributed by atoms with Gasteiger partial charge in [-0.05, 0) is 62.3 Å². The van der Waals surface area contributed by atoms with E-state index in [1.165, 1.54) is 0 Å². The standard InChI is InChI=1S/2C12H16N2OS.Cu/c2*1-3-14(4-2)12(16)13-11(15)10-8-6-5-7-9-10;/h2*5-9H,3-4H2,1-2H3,(H,13,15,16);/q;;+2/p-2. The van der Waals surface area contributed by atoms with E-state index < -0.39 is 0 Å². The van der Waals surface area contributed by atoms with E-state index in [1.807, 2.05) is 73.9 Å². The molecule has 0 N–H and O–H groups in total. The van der Waals surface area contributed by atoms with Crippen LogP contribution in [0.15, 0.2) is 70.6 Å². The van der Waals surface area contributed by atoms with Gasteiger partial charge in [0.25, 0.3) is 11.8 Å². The van der Waals surface area contributed by atoms with Gasteiger partial charge >= 0.3 is 17.1 Å². The van der Waals surface area contributed by atoms with Gasteiger partial charge < -0.3 is 35.1 Å². The van der Waals surface area contributed by atoms with Crippen molar-refractivity contribution < 1.29 is 26.7 Å². The van der Waals surface area contributed by atoms with Crippen molar-refractivity contribution >= 4 is 47.4 Å². The van der Waals surface area contributed by atoms with Crippen LogP contribution >= 0.6 is 0 Å². The van der Waals surface area contributed by atoms with E-state index in [9.17, 15) is 9.59 Å². The van der Waals surface area contributed by atoms with Crippen molar-refractivity contribution in [2.45, 2.75) is 27.7 Å². The van der Waals surface area contributed by atoms with E-state index in [1.54, 1.807) is 24.3 Å². The van der Waals surface area contributed by atoms with Crippen LogP contribution in [0.2, 0.25) is 0 Å². The minimum absolute atomic E-state index is 0. The zero-order chi connectivity index (χ0) is 23.9. The molecule has 0 bridgehead atoms. The first-order valence-electron chi connectivity index (χ1n) is 10.6. The first-order chi connectivity index (χ1) is 15.4. The molecule has 0 atom stereocenters. The molecule has 0 aliphatic rings. The Kier molecular flexibility index (Phi) is 16.0. The SMILES string of the molecule is CCN(CC)C([S-])=NC(=O)c1ccccc1.CCN(CC)C([S-])=NC(=O)c1ccccc1.[Cu+2]. The smallest absolute Gasteiger partial charge is 0.742 e. The zero-order valence-electron chi connectivity index (χ0n) is 19.3. The summed E-state index contributed by atoms with van der Waals surface area (Å²) in [6.45, 7) is 11.0. The van der Waals surface area contributed by atoms with Gasteiger partial charge in [0, 0.05) is 37.3 Å². The van der Waals surface area contributed by atoms with Crippen molar-refractivity contribution in [1.29, 1.82) is 0 Å². The van der Waals surface area contributed by atoms with Gasteiger partial charge in [-0.15, -0.1) is 0 Å². The second kappa shape index (κ2) is 17.2. The Bertz CT molecular complexity index is 826. The summed E-state index contributed by atoms with van der Waals surface area (Å²) < 4.78 is 0. The molecule has 2 amide bonds. The molecule has 0 spiro atoms. The number of carbonyl (C=O) groups excluding carboxylic acids is 2. The van der Waals surface area contributed by atoms with Crippen LogP contribution in [0.3, 0.4) is 0 Å². The van der Waals surface area contributed by atoms with Crippen molar-refractivity contribution in [1.82, 2.24) is 9.80 Å². The maximum atomic E-state index is 11.7. The molecule has 33 heavy (non-hydrogen) atoms. The van der Waals surface area contributed by atoms with E-state index in [-0.39, 0.29) is 28.9 Å². The zero-order valence-corrected chi connectivity index (χ0v) is 21.9. The fraction of sp³-hybridized carbons (Fsp3) is 0.333. The fourth-order valence-corrected chi connectivity index (χ4v) is 3.28. The second-order valence-electron chi connectivity index (χ2n) is 6.48. The van der Waals surface area contributed by atoms with Crippen molar-refractivity contribution in [3.05, 3.63) is 71.8 Å². The van der Waals surface area contributed by atoms with Crippen LogP contribution in [0.5, 0.6) is 0 Å². The van der Waals surface area contributed by atoms with Crippen LogP contribution in [0.25, 0.3) is 0 Å². The molecular weight excluding hydrogens is 504 g/mol. The second-order valence-corrected chi connectivity index (χ2v) is 7.21. The van der Waals surface area contributed by atoms with Crippen molar-refractivity contribution in [3.8, 4) is 0 Å². The molecule has 181 valence electrons. The molecule has 1 radical (unpaired) electrons. The third-order valence-electron chi connectivity index (χ3n) is 4.50. The van der Waals surface area contributed by atoms with Crippen molar-refractivity contribution in [2.75, 3.05) is 26.2 Å². The minimum Gasteiger partial charge on any atom is -0.742 e. The van der Waals surface area contributed by atoms with E-state index in [4.69, 9.17) is 25.3 Å². The molecule has 2 rings (SSSR count). The number of carbonyl (C=O) groups is 2. The summed E-state index contributed by atoms with van der Waals surface area (Å²) in [7, 11) is 0. The van der Waals surface area contributed by atoms with Gasteiger partial charge in [0.1, 0.15) is 0 Å². The van der Waals surface area contributed by atoms with Crippen LogP contribution in [0.4, 0.5) is 0 Å². The average Bonchev–Trinajstić information content (AvgIpc) is 2.82. The Morgan fingerprint density at radius 2 is 0.909 bits per heavy atom. The van der Waals surface area contributed by atoms with E-state index >= 15 is 0 Å². The molecule has 0 aromatic heterocycles. The molecule has 0 fully saturated rings. The van der Waals surface area contributed by atoms with Gasteiger partial charge in [0.2, 0.25) is 0 Å². The van der Waals surface area contributed by atoms with Crippen LogP contribution in [-0.2, 0) is 42.3 Å². The van der Waals surface area contributed by atoms with Crippen LogP contribution in [0, 0.1) is 0 Å². The normalized spacial score (nSPS) is 10.9. The molecule has 0 aliphatic carbocycles. The largest absolute Gasteiger partial charge is 2.00 e. The fourth-order valence-electron chi connectivity index (χ4n) is 2.59. The van der Waals surface area contributed by atoms with E-state index in [0.717, 1.165) is 26.2 Å².